The van der Waals surface area contributed by atoms with Crippen LogP contribution in [0.25, 0.3) is 0 Å². The second-order valence-electron chi connectivity index (χ2n) is 5.10. The lowest BCUT2D eigenvalue weighted by atomic mass is 10.1. The molecule has 0 spiro atoms. The first kappa shape index (κ1) is 14.7. The minimum Gasteiger partial charge on any atom is -0.367 e. The number of likely N-dealkylation sites (tertiary alicyclic amines) is 1. The van der Waals surface area contributed by atoms with Crippen molar-refractivity contribution < 1.29 is 0 Å². The summed E-state index contributed by atoms with van der Waals surface area (Å²) in [5, 5.41) is 3.56. The highest BCUT2D eigenvalue weighted by atomic mass is 79.9. The summed E-state index contributed by atoms with van der Waals surface area (Å²) in [6, 6.07) is 2.52. The number of piperidine rings is 1. The molecule has 0 atom stereocenters. The van der Waals surface area contributed by atoms with Gasteiger partial charge in [0, 0.05) is 31.6 Å². The zero-order chi connectivity index (χ0) is 13.7. The minimum absolute atomic E-state index is 0.541. The monoisotopic (exact) mass is 326 g/mol. The van der Waals surface area contributed by atoms with Crippen LogP contribution in [-0.4, -0.2) is 40.5 Å². The number of halogens is 1. The Kier molecular flexibility index (Phi) is 5.58. The Morgan fingerprint density at radius 3 is 2.68 bits per heavy atom. The largest absolute Gasteiger partial charge is 0.367 e. The van der Waals surface area contributed by atoms with Crippen LogP contribution in [0.3, 0.4) is 0 Å². The van der Waals surface area contributed by atoms with Crippen molar-refractivity contribution in [3.8, 4) is 0 Å². The molecule has 4 nitrogen and oxygen atoms in total. The van der Waals surface area contributed by atoms with Gasteiger partial charge in [0.05, 0.1) is 0 Å². The van der Waals surface area contributed by atoms with Crippen LogP contribution in [0.4, 0.5) is 5.82 Å². The van der Waals surface area contributed by atoms with Crippen LogP contribution >= 0.6 is 15.9 Å². The highest BCUT2D eigenvalue weighted by molar-refractivity contribution is 9.10. The van der Waals surface area contributed by atoms with Gasteiger partial charge in [-0.05, 0) is 41.7 Å². The summed E-state index contributed by atoms with van der Waals surface area (Å²) in [6.45, 7) is 7.90. The standard InChI is InChI=1S/C14H23BrN4/c1-3-5-13-17-12(15)10-14(18-13)16-11-6-8-19(4-2)9-7-11/h10-11H,3-9H2,1-2H3,(H,16,17,18). The molecule has 0 aromatic carbocycles. The van der Waals surface area contributed by atoms with E-state index < -0.39 is 0 Å². The molecule has 1 aliphatic rings. The van der Waals surface area contributed by atoms with Gasteiger partial charge in [0.15, 0.2) is 0 Å². The molecule has 0 saturated carbocycles. The SMILES string of the molecule is CCCc1nc(Br)cc(NC2CCN(CC)CC2)n1. The molecule has 1 aromatic heterocycles. The van der Waals surface area contributed by atoms with E-state index in [4.69, 9.17) is 0 Å². The number of hydrogen-bond acceptors (Lipinski definition) is 4. The van der Waals surface area contributed by atoms with Gasteiger partial charge < -0.3 is 10.2 Å². The number of aromatic nitrogens is 2. The van der Waals surface area contributed by atoms with Gasteiger partial charge in [0.1, 0.15) is 16.2 Å². The number of rotatable bonds is 5. The Labute approximate surface area is 124 Å². The zero-order valence-corrected chi connectivity index (χ0v) is 13.4. The van der Waals surface area contributed by atoms with Gasteiger partial charge in [-0.2, -0.15) is 0 Å². The maximum atomic E-state index is 4.59. The van der Waals surface area contributed by atoms with Crippen LogP contribution in [0.2, 0.25) is 0 Å². The molecule has 106 valence electrons. The fourth-order valence-electron chi connectivity index (χ4n) is 2.48. The fourth-order valence-corrected chi connectivity index (χ4v) is 2.90. The molecule has 0 aliphatic carbocycles. The number of nitrogens with one attached hydrogen (secondary N) is 1. The Hall–Kier alpha value is -0.680. The summed E-state index contributed by atoms with van der Waals surface area (Å²) in [5.74, 6) is 1.88. The maximum absolute atomic E-state index is 4.59. The third-order valence-electron chi connectivity index (χ3n) is 3.60. The highest BCUT2D eigenvalue weighted by Gasteiger charge is 2.18. The highest BCUT2D eigenvalue weighted by Crippen LogP contribution is 2.18. The van der Waals surface area contributed by atoms with Crippen LogP contribution in [0.5, 0.6) is 0 Å². The molecule has 0 amide bonds. The van der Waals surface area contributed by atoms with Crippen LogP contribution in [0.1, 0.15) is 38.9 Å². The molecule has 0 bridgehead atoms. The molecule has 1 saturated heterocycles. The van der Waals surface area contributed by atoms with Crippen molar-refractivity contribution in [2.45, 2.75) is 45.6 Å². The average Bonchev–Trinajstić information content (AvgIpc) is 2.39. The van der Waals surface area contributed by atoms with Crippen molar-refractivity contribution in [2.24, 2.45) is 0 Å². The first-order valence-corrected chi connectivity index (χ1v) is 8.03. The molecule has 19 heavy (non-hydrogen) atoms. The van der Waals surface area contributed by atoms with E-state index in [0.717, 1.165) is 35.6 Å². The summed E-state index contributed by atoms with van der Waals surface area (Å²) in [5.41, 5.74) is 0. The van der Waals surface area contributed by atoms with Gasteiger partial charge in [-0.25, -0.2) is 9.97 Å². The maximum Gasteiger partial charge on any atom is 0.132 e. The first-order valence-electron chi connectivity index (χ1n) is 7.23. The van der Waals surface area contributed by atoms with Crippen LogP contribution in [0, 0.1) is 0 Å². The summed E-state index contributed by atoms with van der Waals surface area (Å²) in [7, 11) is 0. The predicted octanol–water partition coefficient (Wildman–Crippen LogP) is 3.09. The van der Waals surface area contributed by atoms with Gasteiger partial charge in [-0.1, -0.05) is 13.8 Å². The molecular weight excluding hydrogens is 304 g/mol. The molecular formula is C14H23BrN4. The lowest BCUT2D eigenvalue weighted by Gasteiger charge is -2.31. The summed E-state index contributed by atoms with van der Waals surface area (Å²) in [4.78, 5) is 11.5. The van der Waals surface area contributed by atoms with Crippen molar-refractivity contribution in [3.05, 3.63) is 16.5 Å². The number of aryl methyl sites for hydroxylation is 1. The lowest BCUT2D eigenvalue weighted by molar-refractivity contribution is 0.229. The van der Waals surface area contributed by atoms with Gasteiger partial charge in [-0.15, -0.1) is 0 Å². The number of anilines is 1. The van der Waals surface area contributed by atoms with Crippen molar-refractivity contribution in [1.29, 1.82) is 0 Å². The lowest BCUT2D eigenvalue weighted by Crippen LogP contribution is -2.39. The van der Waals surface area contributed by atoms with E-state index >= 15 is 0 Å². The Morgan fingerprint density at radius 1 is 1.32 bits per heavy atom. The third kappa shape index (κ3) is 4.42. The zero-order valence-electron chi connectivity index (χ0n) is 11.8. The number of nitrogens with zero attached hydrogens (tertiary/aromatic N) is 3. The minimum atomic E-state index is 0.541. The molecule has 0 unspecified atom stereocenters. The quantitative estimate of drug-likeness (QED) is 0.844. The van der Waals surface area contributed by atoms with E-state index in [1.165, 1.54) is 25.9 Å². The van der Waals surface area contributed by atoms with E-state index in [1.54, 1.807) is 0 Å². The van der Waals surface area contributed by atoms with E-state index in [0.29, 0.717) is 6.04 Å². The van der Waals surface area contributed by atoms with Crippen molar-refractivity contribution >= 4 is 21.7 Å². The van der Waals surface area contributed by atoms with Crippen molar-refractivity contribution in [1.82, 2.24) is 14.9 Å². The summed E-state index contributed by atoms with van der Waals surface area (Å²) >= 11 is 3.47. The molecule has 1 aromatic rings. The predicted molar refractivity (Wildman–Crippen MR) is 82.5 cm³/mol. The van der Waals surface area contributed by atoms with E-state index in [-0.39, 0.29) is 0 Å². The molecule has 1 aliphatic heterocycles. The molecule has 1 fully saturated rings. The molecule has 1 N–H and O–H groups in total. The van der Waals surface area contributed by atoms with E-state index in [1.807, 2.05) is 6.07 Å². The first-order chi connectivity index (χ1) is 9.21. The van der Waals surface area contributed by atoms with E-state index in [2.05, 4.69) is 50.0 Å². The van der Waals surface area contributed by atoms with Gasteiger partial charge in [0.25, 0.3) is 0 Å². The third-order valence-corrected chi connectivity index (χ3v) is 4.01. The molecule has 2 heterocycles. The molecule has 0 radical (unpaired) electrons. The van der Waals surface area contributed by atoms with Crippen molar-refractivity contribution in [2.75, 3.05) is 25.0 Å². The van der Waals surface area contributed by atoms with Crippen molar-refractivity contribution in [3.63, 3.8) is 0 Å². The smallest absolute Gasteiger partial charge is 0.132 e. The average molecular weight is 327 g/mol. The topological polar surface area (TPSA) is 41.1 Å². The summed E-state index contributed by atoms with van der Waals surface area (Å²) < 4.78 is 0.874. The summed E-state index contributed by atoms with van der Waals surface area (Å²) in [6.07, 6.45) is 4.39. The Morgan fingerprint density at radius 2 is 2.05 bits per heavy atom. The normalized spacial score (nSPS) is 17.6. The Balaban J connectivity index is 1.95. The number of hydrogen-bond donors (Lipinski definition) is 1. The van der Waals surface area contributed by atoms with E-state index in [9.17, 15) is 0 Å². The van der Waals surface area contributed by atoms with Gasteiger partial charge in [-0.3, -0.25) is 0 Å². The van der Waals surface area contributed by atoms with Gasteiger partial charge in [0.2, 0.25) is 0 Å². The molecule has 2 rings (SSSR count). The van der Waals surface area contributed by atoms with Crippen LogP contribution in [0.15, 0.2) is 10.7 Å². The van der Waals surface area contributed by atoms with Crippen LogP contribution < -0.4 is 5.32 Å². The second kappa shape index (κ2) is 7.20. The fraction of sp³-hybridized carbons (Fsp3) is 0.714. The van der Waals surface area contributed by atoms with Gasteiger partial charge >= 0.3 is 0 Å². The molecule has 5 heteroatoms. The van der Waals surface area contributed by atoms with Crippen LogP contribution in [-0.2, 0) is 6.42 Å². The second-order valence-corrected chi connectivity index (χ2v) is 5.91. The Bertz CT molecular complexity index is 402.